The minimum Gasteiger partial charge on any atom is -0.394 e. The van der Waals surface area contributed by atoms with Gasteiger partial charge in [-0.15, -0.1) is 0 Å². The topological polar surface area (TPSA) is 175 Å². The normalized spacial score (nSPS) is 14.4. The Bertz CT molecular complexity index is 1070. The summed E-state index contributed by atoms with van der Waals surface area (Å²) in [5.41, 5.74) is 2.42. The first kappa shape index (κ1) is 24.9. The number of amides is 3. The van der Waals surface area contributed by atoms with Gasteiger partial charge in [0.25, 0.3) is 5.91 Å². The van der Waals surface area contributed by atoms with Crippen LogP contribution in [0.1, 0.15) is 48.1 Å². The molecule has 2 aromatic rings. The number of aromatic nitrogens is 2. The summed E-state index contributed by atoms with van der Waals surface area (Å²) in [6.07, 6.45) is 2.34. The summed E-state index contributed by atoms with van der Waals surface area (Å²) in [7, 11) is 0. The van der Waals surface area contributed by atoms with E-state index in [0.717, 1.165) is 11.1 Å². The summed E-state index contributed by atoms with van der Waals surface area (Å²) in [6, 6.07) is 6.09. The van der Waals surface area contributed by atoms with Crippen molar-refractivity contribution in [2.24, 2.45) is 16.8 Å². The Labute approximate surface area is 198 Å². The summed E-state index contributed by atoms with van der Waals surface area (Å²) in [5.74, 6) is 11.4. The molecule has 1 unspecified atom stereocenters. The van der Waals surface area contributed by atoms with Gasteiger partial charge in [0, 0.05) is 25.3 Å². The summed E-state index contributed by atoms with van der Waals surface area (Å²) in [5, 5.41) is 19.8. The molecule has 1 aliphatic rings. The van der Waals surface area contributed by atoms with Gasteiger partial charge in [0.05, 0.1) is 12.6 Å². The fourth-order valence-electron chi connectivity index (χ4n) is 3.44. The third-order valence-corrected chi connectivity index (χ3v) is 5.35. The standard InChI is InChI=1S/C22H31N9O3/c1-13(2)26-22(34)30-8-7-15-10-25-18(9-16(15)11-30)21(33)28-19-6-4-5-17(27-19)20(29-23)31(24)14(3)12-32/h4-6,9-10,13-14,32H,7-8,11-12,23-24H2,1-3H3,(H,26,34)(H,27,28,33)/b29-20-. The molecule has 2 aromatic heterocycles. The summed E-state index contributed by atoms with van der Waals surface area (Å²) in [6.45, 7) is 6.31. The molecule has 7 N–H and O–H groups in total. The highest BCUT2D eigenvalue weighted by Crippen LogP contribution is 2.20. The third kappa shape index (κ3) is 5.77. The zero-order valence-corrected chi connectivity index (χ0v) is 19.5. The van der Waals surface area contributed by atoms with E-state index in [1.54, 1.807) is 42.3 Å². The number of nitrogens with one attached hydrogen (secondary N) is 2. The predicted octanol–water partition coefficient (Wildman–Crippen LogP) is 0.382. The van der Waals surface area contributed by atoms with E-state index in [1.165, 1.54) is 5.01 Å². The van der Waals surface area contributed by atoms with Crippen molar-refractivity contribution in [3.8, 4) is 0 Å². The number of pyridine rings is 2. The molecule has 0 fully saturated rings. The molecule has 12 nitrogen and oxygen atoms in total. The number of aliphatic hydroxyl groups excluding tert-OH is 1. The van der Waals surface area contributed by atoms with Gasteiger partial charge in [-0.2, -0.15) is 5.10 Å². The first-order chi connectivity index (χ1) is 16.2. The SMILES string of the molecule is CC(C)NC(=O)N1CCc2cnc(C(=O)Nc3cccc(/C(=N/N)N(N)C(C)CO)n3)cc2C1. The number of rotatable bonds is 6. The molecular weight excluding hydrogens is 438 g/mol. The van der Waals surface area contributed by atoms with Crippen LogP contribution in [0.5, 0.6) is 0 Å². The second kappa shape index (κ2) is 10.9. The monoisotopic (exact) mass is 469 g/mol. The first-order valence-electron chi connectivity index (χ1n) is 11.0. The maximum atomic E-state index is 12.9. The van der Waals surface area contributed by atoms with Gasteiger partial charge in [-0.05, 0) is 56.5 Å². The van der Waals surface area contributed by atoms with Crippen molar-refractivity contribution in [2.75, 3.05) is 18.5 Å². The van der Waals surface area contributed by atoms with E-state index in [2.05, 4.69) is 25.7 Å². The van der Waals surface area contributed by atoms with Gasteiger partial charge < -0.3 is 26.5 Å². The molecule has 0 saturated carbocycles. The second-order valence-corrected chi connectivity index (χ2v) is 8.37. The molecule has 3 rings (SSSR count). The van der Waals surface area contributed by atoms with Gasteiger partial charge in [0.15, 0.2) is 5.84 Å². The van der Waals surface area contributed by atoms with Gasteiger partial charge in [0.1, 0.15) is 17.2 Å². The van der Waals surface area contributed by atoms with Crippen LogP contribution in [-0.2, 0) is 13.0 Å². The van der Waals surface area contributed by atoms with E-state index in [0.29, 0.717) is 25.2 Å². The number of hydrogen-bond acceptors (Lipinski definition) is 8. The Kier molecular flexibility index (Phi) is 7.97. The summed E-state index contributed by atoms with van der Waals surface area (Å²) >= 11 is 0. The zero-order chi connectivity index (χ0) is 24.8. The maximum Gasteiger partial charge on any atom is 0.317 e. The van der Waals surface area contributed by atoms with Gasteiger partial charge in [-0.25, -0.2) is 15.6 Å². The molecule has 12 heteroatoms. The van der Waals surface area contributed by atoms with Crippen LogP contribution in [0.2, 0.25) is 0 Å². The van der Waals surface area contributed by atoms with E-state index < -0.39 is 11.9 Å². The molecule has 0 aliphatic carbocycles. The molecular formula is C22H31N9O3. The largest absolute Gasteiger partial charge is 0.394 e. The van der Waals surface area contributed by atoms with Crippen molar-refractivity contribution in [3.63, 3.8) is 0 Å². The average molecular weight is 470 g/mol. The van der Waals surface area contributed by atoms with Gasteiger partial charge in [-0.1, -0.05) is 6.07 Å². The molecule has 0 radical (unpaired) electrons. The van der Waals surface area contributed by atoms with Crippen LogP contribution >= 0.6 is 0 Å². The number of hydrogen-bond donors (Lipinski definition) is 5. The molecule has 1 aliphatic heterocycles. The van der Waals surface area contributed by atoms with Crippen LogP contribution in [0.15, 0.2) is 35.6 Å². The van der Waals surface area contributed by atoms with Crippen LogP contribution in [0.4, 0.5) is 10.6 Å². The predicted molar refractivity (Wildman–Crippen MR) is 128 cm³/mol. The number of hydrazine groups is 1. The Hall–Kier alpha value is -3.77. The van der Waals surface area contributed by atoms with E-state index in [1.807, 2.05) is 13.8 Å². The lowest BCUT2D eigenvalue weighted by Crippen LogP contribution is -2.47. The Morgan fingerprint density at radius 3 is 2.71 bits per heavy atom. The highest BCUT2D eigenvalue weighted by Gasteiger charge is 2.23. The average Bonchev–Trinajstić information content (AvgIpc) is 2.83. The molecule has 0 spiro atoms. The quantitative estimate of drug-likeness (QED) is 0.175. The lowest BCUT2D eigenvalue weighted by Gasteiger charge is -2.29. The molecule has 0 saturated heterocycles. The van der Waals surface area contributed by atoms with Crippen molar-refractivity contribution in [1.29, 1.82) is 0 Å². The number of aliphatic hydroxyl groups is 1. The molecule has 3 amide bonds. The number of carbonyl (C=O) groups excluding carboxylic acids is 2. The fourth-order valence-corrected chi connectivity index (χ4v) is 3.44. The number of urea groups is 1. The lowest BCUT2D eigenvalue weighted by atomic mass is 10.0. The van der Waals surface area contributed by atoms with Crippen molar-refractivity contribution in [1.82, 2.24) is 25.2 Å². The van der Waals surface area contributed by atoms with Gasteiger partial charge in [-0.3, -0.25) is 14.8 Å². The van der Waals surface area contributed by atoms with E-state index in [9.17, 15) is 14.7 Å². The minimum absolute atomic E-state index is 0.0407. The van der Waals surface area contributed by atoms with Crippen LogP contribution in [0.3, 0.4) is 0 Å². The zero-order valence-electron chi connectivity index (χ0n) is 19.5. The molecule has 0 aromatic carbocycles. The molecule has 3 heterocycles. The van der Waals surface area contributed by atoms with Crippen LogP contribution in [0, 0.1) is 0 Å². The number of anilines is 1. The van der Waals surface area contributed by atoms with Gasteiger partial charge in [0.2, 0.25) is 0 Å². The minimum atomic E-state index is -0.448. The van der Waals surface area contributed by atoms with Crippen LogP contribution in [-0.4, -0.2) is 68.0 Å². The molecule has 0 bridgehead atoms. The lowest BCUT2D eigenvalue weighted by molar-refractivity contribution is 0.102. The van der Waals surface area contributed by atoms with Crippen molar-refractivity contribution in [3.05, 3.63) is 53.0 Å². The Balaban J connectivity index is 1.75. The fraction of sp³-hybridized carbons (Fsp3) is 0.409. The number of hydrazone groups is 1. The highest BCUT2D eigenvalue weighted by atomic mass is 16.3. The molecule has 1 atom stereocenters. The first-order valence-corrected chi connectivity index (χ1v) is 11.0. The Morgan fingerprint density at radius 2 is 2.03 bits per heavy atom. The van der Waals surface area contributed by atoms with E-state index in [-0.39, 0.29) is 36.0 Å². The van der Waals surface area contributed by atoms with E-state index >= 15 is 0 Å². The Morgan fingerprint density at radius 1 is 1.26 bits per heavy atom. The highest BCUT2D eigenvalue weighted by molar-refractivity contribution is 6.03. The number of nitrogens with two attached hydrogens (primary N) is 2. The number of amidine groups is 1. The van der Waals surface area contributed by atoms with Crippen molar-refractivity contribution in [2.45, 2.75) is 45.8 Å². The summed E-state index contributed by atoms with van der Waals surface area (Å²) in [4.78, 5) is 35.6. The smallest absolute Gasteiger partial charge is 0.317 e. The second-order valence-electron chi connectivity index (χ2n) is 8.37. The van der Waals surface area contributed by atoms with Crippen LogP contribution < -0.4 is 22.3 Å². The molecule has 182 valence electrons. The van der Waals surface area contributed by atoms with Crippen molar-refractivity contribution < 1.29 is 14.7 Å². The third-order valence-electron chi connectivity index (χ3n) is 5.35. The van der Waals surface area contributed by atoms with Crippen LogP contribution in [0.25, 0.3) is 0 Å². The summed E-state index contributed by atoms with van der Waals surface area (Å²) < 4.78 is 0. The maximum absolute atomic E-state index is 12.9. The number of nitrogens with zero attached hydrogens (tertiary/aromatic N) is 5. The van der Waals surface area contributed by atoms with Crippen molar-refractivity contribution >= 4 is 23.6 Å². The van der Waals surface area contributed by atoms with E-state index in [4.69, 9.17) is 11.7 Å². The van der Waals surface area contributed by atoms with Gasteiger partial charge >= 0.3 is 6.03 Å². The number of carbonyl (C=O) groups is 2. The number of fused-ring (bicyclic) bond motifs is 1. The molecule has 34 heavy (non-hydrogen) atoms.